The summed E-state index contributed by atoms with van der Waals surface area (Å²) in [6.07, 6.45) is 0.702. The molecule has 0 aromatic carbocycles. The molecule has 8 heteroatoms. The Morgan fingerprint density at radius 2 is 2.12 bits per heavy atom. The van der Waals surface area contributed by atoms with E-state index in [2.05, 4.69) is 20.6 Å². The van der Waals surface area contributed by atoms with Crippen LogP contribution in [0.2, 0.25) is 0 Å². The molecule has 2 amide bonds. The van der Waals surface area contributed by atoms with E-state index in [9.17, 15) is 9.59 Å². The summed E-state index contributed by atoms with van der Waals surface area (Å²) in [5.74, 6) is -0.0386. The van der Waals surface area contributed by atoms with Crippen molar-refractivity contribution in [3.05, 3.63) is 6.07 Å². The van der Waals surface area contributed by atoms with Crippen molar-refractivity contribution in [3.63, 3.8) is 0 Å². The Hall–Kier alpha value is -2.38. The molecule has 0 saturated carbocycles. The normalized spacial score (nSPS) is 19.9. The van der Waals surface area contributed by atoms with Crippen molar-refractivity contribution in [2.75, 3.05) is 16.8 Å². The fourth-order valence-corrected chi connectivity index (χ4v) is 1.57. The third-order valence-corrected chi connectivity index (χ3v) is 2.32. The van der Waals surface area contributed by atoms with Gasteiger partial charge in [0.1, 0.15) is 17.7 Å². The average Bonchev–Trinajstić information content (AvgIpc) is 2.21. The number of piperidine rings is 1. The third-order valence-electron chi connectivity index (χ3n) is 2.32. The molecule has 90 valence electrons. The Balaban J connectivity index is 2.10. The van der Waals surface area contributed by atoms with Crippen molar-refractivity contribution in [3.8, 4) is 0 Å². The van der Waals surface area contributed by atoms with E-state index < -0.39 is 6.04 Å². The number of carbonyl (C=O) groups excluding carboxylic acids is 2. The minimum absolute atomic E-state index is 0.0276. The van der Waals surface area contributed by atoms with Gasteiger partial charge in [-0.05, 0) is 6.42 Å². The van der Waals surface area contributed by atoms with Gasteiger partial charge in [-0.25, -0.2) is 0 Å². The molecule has 17 heavy (non-hydrogen) atoms. The predicted octanol–water partition coefficient (Wildman–Crippen LogP) is -1.14. The molecular weight excluding hydrogens is 224 g/mol. The van der Waals surface area contributed by atoms with Gasteiger partial charge < -0.3 is 16.8 Å². The van der Waals surface area contributed by atoms with E-state index >= 15 is 0 Å². The number of imide groups is 1. The lowest BCUT2D eigenvalue weighted by atomic mass is 10.1. The Kier molecular flexibility index (Phi) is 2.77. The van der Waals surface area contributed by atoms with Crippen LogP contribution >= 0.6 is 0 Å². The predicted molar refractivity (Wildman–Crippen MR) is 60.7 cm³/mol. The summed E-state index contributed by atoms with van der Waals surface area (Å²) in [5, 5.41) is 5.09. The number of nitrogen functional groups attached to an aromatic ring is 2. The molecule has 1 aliphatic rings. The van der Waals surface area contributed by atoms with Crippen LogP contribution in [0.4, 0.5) is 17.6 Å². The molecular formula is C9H12N6O2. The quantitative estimate of drug-likeness (QED) is 0.476. The summed E-state index contributed by atoms with van der Waals surface area (Å²) < 4.78 is 0. The van der Waals surface area contributed by atoms with Crippen molar-refractivity contribution >= 4 is 29.4 Å². The second-order valence-electron chi connectivity index (χ2n) is 3.68. The first-order valence-corrected chi connectivity index (χ1v) is 5.05. The highest BCUT2D eigenvalue weighted by Crippen LogP contribution is 2.14. The summed E-state index contributed by atoms with van der Waals surface area (Å²) >= 11 is 0. The lowest BCUT2D eigenvalue weighted by Crippen LogP contribution is -2.47. The van der Waals surface area contributed by atoms with Gasteiger partial charge >= 0.3 is 0 Å². The van der Waals surface area contributed by atoms with Crippen LogP contribution in [-0.2, 0) is 9.59 Å². The molecule has 1 atom stereocenters. The number of aromatic nitrogens is 2. The molecule has 2 heterocycles. The van der Waals surface area contributed by atoms with E-state index in [0.29, 0.717) is 18.7 Å². The largest absolute Gasteiger partial charge is 0.383 e. The Morgan fingerprint density at radius 1 is 1.35 bits per heavy atom. The molecule has 0 aliphatic carbocycles. The second kappa shape index (κ2) is 4.24. The number of rotatable bonds is 2. The minimum Gasteiger partial charge on any atom is -0.383 e. The number of nitrogens with zero attached hydrogens (tertiary/aromatic N) is 2. The standard InChI is InChI=1S/C9H12N6O2/c10-5-3-6(14-9(11)13-5)12-4-1-2-7(16)15-8(4)17/h3-4H,1-2H2,(H,15,16,17)(H5,10,11,12,13,14). The Morgan fingerprint density at radius 3 is 2.76 bits per heavy atom. The third kappa shape index (κ3) is 2.60. The summed E-state index contributed by atoms with van der Waals surface area (Å²) in [5.41, 5.74) is 10.9. The van der Waals surface area contributed by atoms with Crippen molar-refractivity contribution in [1.29, 1.82) is 0 Å². The maximum absolute atomic E-state index is 11.5. The Labute approximate surface area is 96.8 Å². The fourth-order valence-electron chi connectivity index (χ4n) is 1.57. The zero-order valence-corrected chi connectivity index (χ0v) is 8.93. The monoisotopic (exact) mass is 236 g/mol. The average molecular weight is 236 g/mol. The van der Waals surface area contributed by atoms with Gasteiger partial charge in [0.15, 0.2) is 0 Å². The van der Waals surface area contributed by atoms with E-state index in [1.54, 1.807) is 0 Å². The smallest absolute Gasteiger partial charge is 0.249 e. The van der Waals surface area contributed by atoms with Crippen LogP contribution in [0.1, 0.15) is 12.8 Å². The lowest BCUT2D eigenvalue weighted by molar-refractivity contribution is -0.133. The van der Waals surface area contributed by atoms with Crippen molar-refractivity contribution in [2.24, 2.45) is 0 Å². The summed E-state index contributed by atoms with van der Waals surface area (Å²) in [6, 6.07) is 0.960. The second-order valence-corrected chi connectivity index (χ2v) is 3.68. The molecule has 1 saturated heterocycles. The van der Waals surface area contributed by atoms with Crippen LogP contribution < -0.4 is 22.1 Å². The first-order valence-electron chi connectivity index (χ1n) is 5.05. The molecule has 0 spiro atoms. The van der Waals surface area contributed by atoms with Gasteiger partial charge in [0, 0.05) is 12.5 Å². The zero-order valence-electron chi connectivity index (χ0n) is 8.93. The highest BCUT2D eigenvalue weighted by molar-refractivity contribution is 6.01. The molecule has 8 nitrogen and oxygen atoms in total. The number of carbonyl (C=O) groups is 2. The summed E-state index contributed by atoms with van der Waals surface area (Å²) in [7, 11) is 0. The molecule has 1 aliphatic heterocycles. The zero-order chi connectivity index (χ0) is 12.4. The van der Waals surface area contributed by atoms with Crippen LogP contribution in [-0.4, -0.2) is 27.8 Å². The summed E-state index contributed by atoms with van der Waals surface area (Å²) in [6.45, 7) is 0. The van der Waals surface area contributed by atoms with Gasteiger partial charge in [-0.1, -0.05) is 0 Å². The fraction of sp³-hybridized carbons (Fsp3) is 0.333. The van der Waals surface area contributed by atoms with Crippen LogP contribution in [0.5, 0.6) is 0 Å². The number of nitrogens with one attached hydrogen (secondary N) is 2. The number of nitrogens with two attached hydrogens (primary N) is 2. The van der Waals surface area contributed by atoms with Crippen LogP contribution in [0, 0.1) is 0 Å². The SMILES string of the molecule is Nc1cc(NC2CCC(=O)NC2=O)nc(N)n1. The van der Waals surface area contributed by atoms with E-state index in [-0.39, 0.29) is 23.6 Å². The first kappa shape index (κ1) is 11.1. The molecule has 1 aromatic heterocycles. The minimum atomic E-state index is -0.513. The van der Waals surface area contributed by atoms with Gasteiger partial charge in [-0.15, -0.1) is 0 Å². The summed E-state index contributed by atoms with van der Waals surface area (Å²) in [4.78, 5) is 30.0. The van der Waals surface area contributed by atoms with Gasteiger partial charge in [0.25, 0.3) is 0 Å². The topological polar surface area (TPSA) is 136 Å². The number of hydrogen-bond acceptors (Lipinski definition) is 7. The molecule has 1 fully saturated rings. The maximum Gasteiger partial charge on any atom is 0.249 e. The van der Waals surface area contributed by atoms with Crippen molar-refractivity contribution in [1.82, 2.24) is 15.3 Å². The van der Waals surface area contributed by atoms with E-state index in [1.807, 2.05) is 0 Å². The van der Waals surface area contributed by atoms with Gasteiger partial charge in [-0.3, -0.25) is 14.9 Å². The van der Waals surface area contributed by atoms with Crippen molar-refractivity contribution < 1.29 is 9.59 Å². The Bertz CT molecular complexity index is 454. The number of anilines is 3. The maximum atomic E-state index is 11.5. The van der Waals surface area contributed by atoms with Gasteiger partial charge in [-0.2, -0.15) is 9.97 Å². The van der Waals surface area contributed by atoms with Gasteiger partial charge in [0.2, 0.25) is 17.8 Å². The molecule has 1 aromatic rings. The van der Waals surface area contributed by atoms with Crippen molar-refractivity contribution in [2.45, 2.75) is 18.9 Å². The van der Waals surface area contributed by atoms with Crippen LogP contribution in [0.15, 0.2) is 6.07 Å². The van der Waals surface area contributed by atoms with E-state index in [0.717, 1.165) is 0 Å². The molecule has 0 radical (unpaired) electrons. The van der Waals surface area contributed by atoms with Crippen LogP contribution in [0.25, 0.3) is 0 Å². The van der Waals surface area contributed by atoms with E-state index in [4.69, 9.17) is 11.5 Å². The highest BCUT2D eigenvalue weighted by atomic mass is 16.2. The first-order chi connectivity index (χ1) is 8.04. The molecule has 1 unspecified atom stereocenters. The lowest BCUT2D eigenvalue weighted by Gasteiger charge is -2.22. The molecule has 6 N–H and O–H groups in total. The van der Waals surface area contributed by atoms with Crippen LogP contribution in [0.3, 0.4) is 0 Å². The number of amides is 2. The highest BCUT2D eigenvalue weighted by Gasteiger charge is 2.26. The molecule has 2 rings (SSSR count). The van der Waals surface area contributed by atoms with E-state index in [1.165, 1.54) is 6.07 Å². The number of hydrogen-bond donors (Lipinski definition) is 4. The van der Waals surface area contributed by atoms with Gasteiger partial charge in [0.05, 0.1) is 0 Å². The molecule has 0 bridgehead atoms.